The Labute approximate surface area is 197 Å². The van der Waals surface area contributed by atoms with Gasteiger partial charge in [0.15, 0.2) is 0 Å². The molecule has 0 spiro atoms. The van der Waals surface area contributed by atoms with E-state index in [1.54, 1.807) is 6.08 Å². The quantitative estimate of drug-likeness (QED) is 0.277. The minimum absolute atomic E-state index is 0.242. The highest BCUT2D eigenvalue weighted by Gasteiger charge is 2.35. The molecular weight excluding hydrogens is 656 g/mol. The summed E-state index contributed by atoms with van der Waals surface area (Å²) in [5.74, 6) is 0.452. The Morgan fingerprint density at radius 1 is 1.22 bits per heavy atom. The molecule has 2 amide bonds. The topological polar surface area (TPSA) is 46.6 Å². The van der Waals surface area contributed by atoms with Gasteiger partial charge in [-0.1, -0.05) is 34.1 Å². The molecule has 1 aliphatic rings. The summed E-state index contributed by atoms with van der Waals surface area (Å²) in [6, 6.07) is 11.5. The number of rotatable bonds is 5. The van der Waals surface area contributed by atoms with Gasteiger partial charge in [-0.15, -0.1) is 0 Å². The van der Waals surface area contributed by atoms with Gasteiger partial charge in [-0.2, -0.15) is 0 Å². The van der Waals surface area contributed by atoms with Crippen LogP contribution in [0.5, 0.6) is 5.75 Å². The zero-order chi connectivity index (χ0) is 19.6. The summed E-state index contributed by atoms with van der Waals surface area (Å²) in [5.41, 5.74) is 1.69. The van der Waals surface area contributed by atoms with E-state index in [2.05, 4.69) is 61.1 Å². The van der Waals surface area contributed by atoms with Gasteiger partial charge in [-0.3, -0.25) is 14.5 Å². The minimum atomic E-state index is -0.280. The molecule has 0 radical (unpaired) electrons. The predicted molar refractivity (Wildman–Crippen MR) is 129 cm³/mol. The molecule has 140 valence electrons. The largest absolute Gasteiger partial charge is 0.492 e. The number of ether oxygens (including phenoxy) is 1. The van der Waals surface area contributed by atoms with Crippen LogP contribution < -0.4 is 4.74 Å². The summed E-state index contributed by atoms with van der Waals surface area (Å²) < 4.78 is 8.64. The van der Waals surface area contributed by atoms with Crippen molar-refractivity contribution in [3.05, 3.63) is 64.0 Å². The van der Waals surface area contributed by atoms with E-state index in [9.17, 15) is 9.59 Å². The first-order valence-electron chi connectivity index (χ1n) is 8.01. The molecule has 1 saturated heterocycles. The first-order valence-corrected chi connectivity index (χ1v) is 11.8. The number of nitrogens with zero attached hydrogens (tertiary/aromatic N) is 1. The zero-order valence-electron chi connectivity index (χ0n) is 14.2. The lowest BCUT2D eigenvalue weighted by molar-refractivity contribution is -0.123. The number of thioether (sulfide) groups is 1. The van der Waals surface area contributed by atoms with E-state index < -0.39 is 0 Å². The van der Waals surface area contributed by atoms with Crippen molar-refractivity contribution >= 4 is 90.1 Å². The number of benzene rings is 2. The number of hydrogen-bond acceptors (Lipinski definition) is 4. The third kappa shape index (κ3) is 4.88. The Bertz CT molecular complexity index is 949. The fraction of sp³-hybridized carbons (Fsp3) is 0.158. The van der Waals surface area contributed by atoms with Crippen molar-refractivity contribution in [2.24, 2.45) is 0 Å². The average molecular weight is 670 g/mol. The van der Waals surface area contributed by atoms with E-state index in [1.807, 2.05) is 43.3 Å². The van der Waals surface area contributed by atoms with Crippen LogP contribution in [0.1, 0.15) is 18.1 Å². The maximum atomic E-state index is 12.8. The molecule has 2 aromatic carbocycles. The van der Waals surface area contributed by atoms with Crippen LogP contribution >= 0.6 is 72.9 Å². The van der Waals surface area contributed by atoms with Crippen molar-refractivity contribution in [1.82, 2.24) is 4.90 Å². The Balaban J connectivity index is 1.92. The lowest BCUT2D eigenvalue weighted by Gasteiger charge is -2.13. The molecule has 0 bridgehead atoms. The summed E-state index contributed by atoms with van der Waals surface area (Å²) in [6.07, 6.45) is 1.75. The van der Waals surface area contributed by atoms with Crippen molar-refractivity contribution in [3.63, 3.8) is 0 Å². The van der Waals surface area contributed by atoms with Crippen molar-refractivity contribution < 1.29 is 14.3 Å². The first kappa shape index (κ1) is 21.1. The minimum Gasteiger partial charge on any atom is -0.492 e. The third-order valence-electron chi connectivity index (χ3n) is 3.77. The molecule has 0 saturated carbocycles. The van der Waals surface area contributed by atoms with Gasteiger partial charge in [0.25, 0.3) is 11.1 Å². The Hall–Kier alpha value is -0.590. The lowest BCUT2D eigenvalue weighted by Crippen LogP contribution is -2.27. The lowest BCUT2D eigenvalue weighted by atomic mass is 10.1. The van der Waals surface area contributed by atoms with Gasteiger partial charge in [0.2, 0.25) is 0 Å². The molecule has 0 aromatic heterocycles. The summed E-state index contributed by atoms with van der Waals surface area (Å²) in [6.45, 7) is 2.69. The number of carbonyl (C=O) groups is 2. The second kappa shape index (κ2) is 9.27. The van der Waals surface area contributed by atoms with Gasteiger partial charge < -0.3 is 4.74 Å². The standard InChI is InChI=1S/C19H14BrI2NO3S/c1-2-26-17-12(7-13(21)9-15(17)22)8-16-18(24)23(19(25)27-16)10-11-5-3-4-6-14(11)20/h3-9H,2,10H2,1H3/b16-8+. The first-order chi connectivity index (χ1) is 12.9. The highest BCUT2D eigenvalue weighted by atomic mass is 127. The SMILES string of the molecule is CCOc1c(I)cc(I)cc1/C=C1/SC(=O)N(Cc2ccccc2Br)C1=O. The maximum absolute atomic E-state index is 12.8. The molecule has 4 nitrogen and oxygen atoms in total. The molecular formula is C19H14BrI2NO3S. The third-order valence-corrected chi connectivity index (χ3v) is 6.88. The molecule has 2 aromatic rings. The van der Waals surface area contributed by atoms with Crippen molar-refractivity contribution in [2.75, 3.05) is 6.61 Å². The summed E-state index contributed by atoms with van der Waals surface area (Å²) in [5, 5.41) is -0.264. The Kier molecular flexibility index (Phi) is 7.25. The fourth-order valence-corrected chi connectivity index (χ4v) is 5.84. The number of carbonyl (C=O) groups excluding carboxylic acids is 2. The summed E-state index contributed by atoms with van der Waals surface area (Å²) in [7, 11) is 0. The van der Waals surface area contributed by atoms with Crippen LogP contribution in [0.25, 0.3) is 6.08 Å². The number of halogens is 3. The van der Waals surface area contributed by atoms with Crippen LogP contribution in [-0.2, 0) is 11.3 Å². The molecule has 1 heterocycles. The van der Waals surface area contributed by atoms with Crippen LogP contribution in [0.15, 0.2) is 45.8 Å². The van der Waals surface area contributed by atoms with E-state index in [0.717, 1.165) is 40.3 Å². The van der Waals surface area contributed by atoms with E-state index >= 15 is 0 Å². The van der Waals surface area contributed by atoms with Gasteiger partial charge in [-0.25, -0.2) is 0 Å². The van der Waals surface area contributed by atoms with Crippen molar-refractivity contribution in [1.29, 1.82) is 0 Å². The fourth-order valence-electron chi connectivity index (χ4n) is 2.56. The summed E-state index contributed by atoms with van der Waals surface area (Å²) in [4.78, 5) is 26.9. The highest BCUT2D eigenvalue weighted by molar-refractivity contribution is 14.1. The molecule has 0 aliphatic carbocycles. The van der Waals surface area contributed by atoms with Crippen molar-refractivity contribution in [2.45, 2.75) is 13.5 Å². The smallest absolute Gasteiger partial charge is 0.293 e. The molecule has 8 heteroatoms. The number of imide groups is 1. The molecule has 3 rings (SSSR count). The van der Waals surface area contributed by atoms with Gasteiger partial charge in [-0.05, 0) is 93.7 Å². The van der Waals surface area contributed by atoms with E-state index in [4.69, 9.17) is 4.74 Å². The summed E-state index contributed by atoms with van der Waals surface area (Å²) >= 11 is 8.88. The average Bonchev–Trinajstić information content (AvgIpc) is 2.87. The highest BCUT2D eigenvalue weighted by Crippen LogP contribution is 2.37. The Morgan fingerprint density at radius 3 is 2.67 bits per heavy atom. The second-order valence-electron chi connectivity index (χ2n) is 5.60. The molecule has 27 heavy (non-hydrogen) atoms. The van der Waals surface area contributed by atoms with Crippen molar-refractivity contribution in [3.8, 4) is 5.75 Å². The predicted octanol–water partition coefficient (Wildman–Crippen LogP) is 6.29. The molecule has 0 atom stereocenters. The van der Waals surface area contributed by atoms with Gasteiger partial charge in [0, 0.05) is 13.6 Å². The molecule has 1 fully saturated rings. The normalized spacial score (nSPS) is 15.7. The van der Waals surface area contributed by atoms with Crippen LogP contribution in [0, 0.1) is 7.14 Å². The second-order valence-corrected chi connectivity index (χ2v) is 9.85. The van der Waals surface area contributed by atoms with Gasteiger partial charge in [0.1, 0.15) is 5.75 Å². The van der Waals surface area contributed by atoms with Crippen LogP contribution in [0.2, 0.25) is 0 Å². The van der Waals surface area contributed by atoms with Gasteiger partial charge >= 0.3 is 0 Å². The van der Waals surface area contributed by atoms with Crippen LogP contribution in [0.4, 0.5) is 4.79 Å². The number of amides is 2. The van der Waals surface area contributed by atoms with Gasteiger partial charge in [0.05, 0.1) is 21.6 Å². The van der Waals surface area contributed by atoms with E-state index in [1.165, 1.54) is 4.90 Å². The van der Waals surface area contributed by atoms with Crippen LogP contribution in [-0.4, -0.2) is 22.7 Å². The number of hydrogen-bond donors (Lipinski definition) is 0. The molecule has 0 N–H and O–H groups in total. The molecule has 0 unspecified atom stereocenters. The maximum Gasteiger partial charge on any atom is 0.293 e. The van der Waals surface area contributed by atoms with E-state index in [-0.39, 0.29) is 17.7 Å². The monoisotopic (exact) mass is 669 g/mol. The van der Waals surface area contributed by atoms with Crippen LogP contribution in [0.3, 0.4) is 0 Å². The zero-order valence-corrected chi connectivity index (χ0v) is 20.9. The Morgan fingerprint density at radius 2 is 1.96 bits per heavy atom. The molecule has 1 aliphatic heterocycles. The van der Waals surface area contributed by atoms with E-state index in [0.29, 0.717) is 11.5 Å².